The van der Waals surface area contributed by atoms with Crippen molar-refractivity contribution >= 4 is 21.9 Å². The van der Waals surface area contributed by atoms with Gasteiger partial charge in [0.2, 0.25) is 0 Å². The molecule has 0 unspecified atom stereocenters. The number of benzene rings is 1. The summed E-state index contributed by atoms with van der Waals surface area (Å²) >= 11 is 3.35. The van der Waals surface area contributed by atoms with Crippen LogP contribution in [0.4, 0.5) is 0 Å². The number of hydrogen-bond acceptors (Lipinski definition) is 2. The van der Waals surface area contributed by atoms with Crippen molar-refractivity contribution < 1.29 is 14.6 Å². The first-order valence-electron chi connectivity index (χ1n) is 5.22. The van der Waals surface area contributed by atoms with Crippen molar-refractivity contribution in [3.8, 4) is 0 Å². The monoisotopic (exact) mass is 284 g/mol. The summed E-state index contributed by atoms with van der Waals surface area (Å²) in [5, 5.41) is 9.44. The predicted molar refractivity (Wildman–Crippen MR) is 63.5 cm³/mol. The number of rotatable bonds is 2. The van der Waals surface area contributed by atoms with Crippen LogP contribution in [-0.4, -0.2) is 24.3 Å². The SMILES string of the molecule is O=C(O)C1(c2ccc(Br)cc2)CCOCC1. The standard InChI is InChI=1S/C12H13BrO3/c13-10-3-1-9(2-4-10)12(11(14)15)5-7-16-8-6-12/h1-4H,5-8H2,(H,14,15). The molecule has 1 fully saturated rings. The minimum Gasteiger partial charge on any atom is -0.481 e. The van der Waals surface area contributed by atoms with Gasteiger partial charge in [-0.1, -0.05) is 28.1 Å². The number of aliphatic carboxylic acids is 1. The van der Waals surface area contributed by atoms with Gasteiger partial charge in [-0.15, -0.1) is 0 Å². The number of hydrogen-bond donors (Lipinski definition) is 1. The largest absolute Gasteiger partial charge is 0.481 e. The Bertz CT molecular complexity index is 380. The molecule has 4 heteroatoms. The van der Waals surface area contributed by atoms with Gasteiger partial charge in [-0.25, -0.2) is 0 Å². The van der Waals surface area contributed by atoms with Crippen molar-refractivity contribution in [1.29, 1.82) is 0 Å². The minimum atomic E-state index is -0.765. The van der Waals surface area contributed by atoms with Crippen molar-refractivity contribution in [3.05, 3.63) is 34.3 Å². The maximum atomic E-state index is 11.5. The van der Waals surface area contributed by atoms with Crippen LogP contribution in [0.25, 0.3) is 0 Å². The highest BCUT2D eigenvalue weighted by atomic mass is 79.9. The molecule has 86 valence electrons. The zero-order valence-corrected chi connectivity index (χ0v) is 10.4. The molecular weight excluding hydrogens is 272 g/mol. The zero-order chi connectivity index (χ0) is 11.6. The van der Waals surface area contributed by atoms with E-state index >= 15 is 0 Å². The fourth-order valence-electron chi connectivity index (χ4n) is 2.11. The van der Waals surface area contributed by atoms with Gasteiger partial charge in [0.15, 0.2) is 0 Å². The molecule has 0 aromatic heterocycles. The number of ether oxygens (including phenoxy) is 1. The first kappa shape index (κ1) is 11.6. The summed E-state index contributed by atoms with van der Waals surface area (Å²) < 4.78 is 6.21. The maximum absolute atomic E-state index is 11.5. The van der Waals surface area contributed by atoms with Gasteiger partial charge in [0.1, 0.15) is 0 Å². The van der Waals surface area contributed by atoms with Gasteiger partial charge < -0.3 is 9.84 Å². The number of halogens is 1. The lowest BCUT2D eigenvalue weighted by Crippen LogP contribution is -2.41. The molecule has 0 radical (unpaired) electrons. The third-order valence-electron chi connectivity index (χ3n) is 3.15. The Hall–Kier alpha value is -0.870. The van der Waals surface area contributed by atoms with Crippen molar-refractivity contribution in [2.45, 2.75) is 18.3 Å². The molecule has 1 aliphatic heterocycles. The van der Waals surface area contributed by atoms with Gasteiger partial charge in [-0.2, -0.15) is 0 Å². The molecular formula is C12H13BrO3. The van der Waals surface area contributed by atoms with Crippen molar-refractivity contribution in [2.24, 2.45) is 0 Å². The lowest BCUT2D eigenvalue weighted by atomic mass is 9.74. The maximum Gasteiger partial charge on any atom is 0.314 e. The molecule has 1 heterocycles. The van der Waals surface area contributed by atoms with Crippen LogP contribution in [0.3, 0.4) is 0 Å². The number of carbonyl (C=O) groups is 1. The third kappa shape index (κ3) is 1.99. The van der Waals surface area contributed by atoms with E-state index in [-0.39, 0.29) is 0 Å². The Morgan fingerprint density at radius 1 is 1.25 bits per heavy atom. The molecule has 0 bridgehead atoms. The fraction of sp³-hybridized carbons (Fsp3) is 0.417. The minimum absolute atomic E-state index is 0.516. The van der Waals surface area contributed by atoms with Crippen molar-refractivity contribution in [2.75, 3.05) is 13.2 Å². The summed E-state index contributed by atoms with van der Waals surface area (Å²) in [6.07, 6.45) is 1.09. The van der Waals surface area contributed by atoms with Crippen LogP contribution in [0, 0.1) is 0 Å². The first-order valence-corrected chi connectivity index (χ1v) is 6.02. The molecule has 3 nitrogen and oxygen atoms in total. The molecule has 0 atom stereocenters. The van der Waals surface area contributed by atoms with E-state index in [2.05, 4.69) is 15.9 Å². The highest BCUT2D eigenvalue weighted by Crippen LogP contribution is 2.35. The van der Waals surface area contributed by atoms with Gasteiger partial charge >= 0.3 is 5.97 Å². The van der Waals surface area contributed by atoms with Crippen LogP contribution in [0.1, 0.15) is 18.4 Å². The van der Waals surface area contributed by atoms with Gasteiger partial charge in [0, 0.05) is 17.7 Å². The Kier molecular flexibility index (Phi) is 3.30. The lowest BCUT2D eigenvalue weighted by molar-refractivity contribution is -0.147. The topological polar surface area (TPSA) is 46.5 Å². The van der Waals surface area contributed by atoms with Crippen LogP contribution >= 0.6 is 15.9 Å². The first-order chi connectivity index (χ1) is 7.65. The molecule has 0 amide bonds. The van der Waals surface area contributed by atoms with E-state index in [1.54, 1.807) is 0 Å². The van der Waals surface area contributed by atoms with E-state index < -0.39 is 11.4 Å². The average molecular weight is 285 g/mol. The summed E-state index contributed by atoms with van der Waals surface area (Å²) in [5.74, 6) is -0.752. The highest BCUT2D eigenvalue weighted by molar-refractivity contribution is 9.10. The van der Waals surface area contributed by atoms with Gasteiger partial charge in [0.05, 0.1) is 5.41 Å². The second-order valence-corrected chi connectivity index (χ2v) is 4.92. The van der Waals surface area contributed by atoms with Crippen molar-refractivity contribution in [1.82, 2.24) is 0 Å². The number of carboxylic acid groups (broad SMARTS) is 1. The Morgan fingerprint density at radius 2 is 1.81 bits per heavy atom. The van der Waals surface area contributed by atoms with E-state index in [9.17, 15) is 9.90 Å². The molecule has 1 aromatic carbocycles. The van der Waals surface area contributed by atoms with Crippen LogP contribution in [0.2, 0.25) is 0 Å². The molecule has 1 aromatic rings. The summed E-state index contributed by atoms with van der Waals surface area (Å²) in [5.41, 5.74) is 0.102. The summed E-state index contributed by atoms with van der Waals surface area (Å²) in [6, 6.07) is 7.53. The normalized spacial score (nSPS) is 19.3. The summed E-state index contributed by atoms with van der Waals surface area (Å²) in [7, 11) is 0. The molecule has 0 saturated carbocycles. The summed E-state index contributed by atoms with van der Waals surface area (Å²) in [4.78, 5) is 11.5. The molecule has 1 aliphatic rings. The molecule has 2 rings (SSSR count). The molecule has 1 N–H and O–H groups in total. The lowest BCUT2D eigenvalue weighted by Gasteiger charge is -2.33. The molecule has 1 saturated heterocycles. The Balaban J connectivity index is 2.38. The second kappa shape index (κ2) is 4.55. The highest BCUT2D eigenvalue weighted by Gasteiger charge is 2.41. The third-order valence-corrected chi connectivity index (χ3v) is 3.68. The van der Waals surface area contributed by atoms with Crippen LogP contribution in [0.15, 0.2) is 28.7 Å². The van der Waals surface area contributed by atoms with Gasteiger partial charge in [-0.05, 0) is 30.5 Å². The average Bonchev–Trinajstić information content (AvgIpc) is 2.30. The molecule has 16 heavy (non-hydrogen) atoms. The van der Waals surface area contributed by atoms with Gasteiger partial charge in [-0.3, -0.25) is 4.79 Å². The fourth-order valence-corrected chi connectivity index (χ4v) is 2.38. The molecule has 0 aliphatic carbocycles. The van der Waals surface area contributed by atoms with E-state index in [0.29, 0.717) is 26.1 Å². The van der Waals surface area contributed by atoms with Crippen molar-refractivity contribution in [3.63, 3.8) is 0 Å². The van der Waals surface area contributed by atoms with E-state index in [1.165, 1.54) is 0 Å². The summed E-state index contributed by atoms with van der Waals surface area (Å²) in [6.45, 7) is 1.03. The van der Waals surface area contributed by atoms with Crippen LogP contribution in [-0.2, 0) is 14.9 Å². The smallest absolute Gasteiger partial charge is 0.314 e. The number of carboxylic acids is 1. The Morgan fingerprint density at radius 3 is 2.31 bits per heavy atom. The zero-order valence-electron chi connectivity index (χ0n) is 8.78. The van der Waals surface area contributed by atoms with Crippen LogP contribution < -0.4 is 0 Å². The van der Waals surface area contributed by atoms with Crippen LogP contribution in [0.5, 0.6) is 0 Å². The molecule has 0 spiro atoms. The van der Waals surface area contributed by atoms with Gasteiger partial charge in [0.25, 0.3) is 0 Å². The second-order valence-electron chi connectivity index (χ2n) is 4.01. The van der Waals surface area contributed by atoms with E-state index in [0.717, 1.165) is 10.0 Å². The van der Waals surface area contributed by atoms with E-state index in [4.69, 9.17) is 4.74 Å². The Labute approximate surface area is 103 Å². The predicted octanol–water partition coefficient (Wildman–Crippen LogP) is 2.58. The van der Waals surface area contributed by atoms with E-state index in [1.807, 2.05) is 24.3 Å². The quantitative estimate of drug-likeness (QED) is 0.908.